The number of halogens is 2. The number of hydrogen-bond donors (Lipinski definition) is 2. The van der Waals surface area contributed by atoms with E-state index in [1.54, 1.807) is 29.7 Å². The maximum Gasteiger partial charge on any atom is 0.190 e. The number of benzene rings is 1. The van der Waals surface area contributed by atoms with E-state index in [2.05, 4.69) is 25.8 Å². The van der Waals surface area contributed by atoms with Crippen LogP contribution in [-0.2, 0) is 0 Å². The van der Waals surface area contributed by atoms with Crippen LogP contribution in [0.2, 0.25) is 0 Å². The highest BCUT2D eigenvalue weighted by Gasteiger charge is 2.24. The van der Waals surface area contributed by atoms with Crippen molar-refractivity contribution in [3.63, 3.8) is 0 Å². The number of anilines is 2. The molecule has 0 amide bonds. The SMILES string of the molecule is Nc1ncc(-c2ccsc2)cc1-c1nnnn1-c1ccc(N2CCNCC2)c(F)c1F. The number of aromatic nitrogens is 5. The Morgan fingerprint density at radius 3 is 2.58 bits per heavy atom. The molecule has 5 rings (SSSR count). The molecule has 0 atom stereocenters. The van der Waals surface area contributed by atoms with E-state index in [-0.39, 0.29) is 23.0 Å². The van der Waals surface area contributed by atoms with Crippen LogP contribution in [0.15, 0.2) is 41.2 Å². The Balaban J connectivity index is 1.57. The van der Waals surface area contributed by atoms with E-state index in [4.69, 9.17) is 5.73 Å². The fraction of sp³-hybridized carbons (Fsp3) is 0.200. The van der Waals surface area contributed by atoms with E-state index < -0.39 is 11.6 Å². The molecule has 0 unspecified atom stereocenters. The van der Waals surface area contributed by atoms with Crippen molar-refractivity contribution in [3.8, 4) is 28.2 Å². The minimum absolute atomic E-state index is 0.100. The summed E-state index contributed by atoms with van der Waals surface area (Å²) in [6, 6.07) is 6.76. The van der Waals surface area contributed by atoms with E-state index in [9.17, 15) is 4.39 Å². The second-order valence-electron chi connectivity index (χ2n) is 7.05. The van der Waals surface area contributed by atoms with Crippen molar-refractivity contribution in [1.82, 2.24) is 30.5 Å². The first-order valence-corrected chi connectivity index (χ1v) is 10.6. The number of rotatable bonds is 4. The lowest BCUT2D eigenvalue weighted by atomic mass is 10.1. The van der Waals surface area contributed by atoms with Crippen LogP contribution in [0.3, 0.4) is 0 Å². The Kier molecular flexibility index (Phi) is 5.04. The van der Waals surface area contributed by atoms with Crippen LogP contribution in [0.4, 0.5) is 20.3 Å². The van der Waals surface area contributed by atoms with Gasteiger partial charge in [0, 0.05) is 37.9 Å². The van der Waals surface area contributed by atoms with Gasteiger partial charge in [0.15, 0.2) is 17.5 Å². The van der Waals surface area contributed by atoms with Gasteiger partial charge in [-0.05, 0) is 51.0 Å². The molecule has 1 aliphatic heterocycles. The third-order valence-electron chi connectivity index (χ3n) is 5.21. The van der Waals surface area contributed by atoms with Crippen molar-refractivity contribution >= 4 is 22.8 Å². The predicted molar refractivity (Wildman–Crippen MR) is 115 cm³/mol. The zero-order chi connectivity index (χ0) is 21.4. The second-order valence-corrected chi connectivity index (χ2v) is 7.83. The number of piperazine rings is 1. The van der Waals surface area contributed by atoms with Gasteiger partial charge in [0.2, 0.25) is 0 Å². The molecule has 8 nitrogen and oxygen atoms in total. The lowest BCUT2D eigenvalue weighted by molar-refractivity contribution is 0.493. The summed E-state index contributed by atoms with van der Waals surface area (Å²) in [5.41, 5.74) is 8.41. The third kappa shape index (κ3) is 3.51. The first kappa shape index (κ1) is 19.5. The first-order chi connectivity index (χ1) is 15.1. The normalized spacial score (nSPS) is 14.2. The van der Waals surface area contributed by atoms with Gasteiger partial charge in [-0.3, -0.25) is 0 Å². The number of tetrazole rings is 1. The highest BCUT2D eigenvalue weighted by Crippen LogP contribution is 2.32. The Bertz CT molecular complexity index is 1220. The van der Waals surface area contributed by atoms with Crippen molar-refractivity contribution in [2.24, 2.45) is 0 Å². The molecule has 1 fully saturated rings. The summed E-state index contributed by atoms with van der Waals surface area (Å²) in [6.45, 7) is 2.63. The van der Waals surface area contributed by atoms with Gasteiger partial charge < -0.3 is 16.0 Å². The molecule has 0 saturated carbocycles. The lowest BCUT2D eigenvalue weighted by Gasteiger charge is -2.30. The molecule has 31 heavy (non-hydrogen) atoms. The Hall–Kier alpha value is -3.44. The molecule has 0 aliphatic carbocycles. The van der Waals surface area contributed by atoms with Crippen LogP contribution in [0, 0.1) is 11.6 Å². The van der Waals surface area contributed by atoms with Gasteiger partial charge in [-0.25, -0.2) is 13.8 Å². The van der Waals surface area contributed by atoms with Gasteiger partial charge >= 0.3 is 0 Å². The van der Waals surface area contributed by atoms with Crippen molar-refractivity contribution < 1.29 is 8.78 Å². The molecular weight excluding hydrogens is 422 g/mol. The van der Waals surface area contributed by atoms with Crippen LogP contribution < -0.4 is 16.0 Å². The minimum Gasteiger partial charge on any atom is -0.383 e. The molecule has 1 aromatic carbocycles. The molecule has 3 aromatic heterocycles. The zero-order valence-electron chi connectivity index (χ0n) is 16.3. The Morgan fingerprint density at radius 1 is 1.03 bits per heavy atom. The molecule has 0 bridgehead atoms. The standard InChI is InChI=1S/C20H18F2N8S/c21-17-15(29-6-4-24-5-7-29)1-2-16(18(17)22)30-20(26-27-28-30)14-9-13(10-25-19(14)23)12-3-8-31-11-12/h1-3,8-11,24H,4-7H2,(H2,23,25). The van der Waals surface area contributed by atoms with E-state index in [1.807, 2.05) is 21.7 Å². The molecule has 1 saturated heterocycles. The molecule has 4 aromatic rings. The van der Waals surface area contributed by atoms with E-state index >= 15 is 4.39 Å². The van der Waals surface area contributed by atoms with E-state index in [0.717, 1.165) is 15.8 Å². The third-order valence-corrected chi connectivity index (χ3v) is 5.89. The number of pyridine rings is 1. The summed E-state index contributed by atoms with van der Waals surface area (Å²) in [5, 5.41) is 18.7. The first-order valence-electron chi connectivity index (χ1n) is 9.64. The zero-order valence-corrected chi connectivity index (χ0v) is 17.1. The molecule has 3 N–H and O–H groups in total. The van der Waals surface area contributed by atoms with Crippen LogP contribution in [0.25, 0.3) is 28.2 Å². The topological polar surface area (TPSA) is 97.8 Å². The number of nitrogens with zero attached hydrogens (tertiary/aromatic N) is 6. The molecular formula is C20H18F2N8S. The summed E-state index contributed by atoms with van der Waals surface area (Å²) in [4.78, 5) is 6.05. The van der Waals surface area contributed by atoms with Crippen molar-refractivity contribution in [3.05, 3.63) is 52.9 Å². The number of nitrogen functional groups attached to an aromatic ring is 1. The summed E-state index contributed by atoms with van der Waals surface area (Å²) >= 11 is 1.55. The Labute approximate surface area is 180 Å². The molecule has 0 spiro atoms. The summed E-state index contributed by atoms with van der Waals surface area (Å²) in [6.07, 6.45) is 1.65. The summed E-state index contributed by atoms with van der Waals surface area (Å²) in [7, 11) is 0. The average Bonchev–Trinajstić information content (AvgIpc) is 3.49. The molecule has 158 valence electrons. The number of thiophene rings is 1. The molecule has 11 heteroatoms. The lowest BCUT2D eigenvalue weighted by Crippen LogP contribution is -2.44. The van der Waals surface area contributed by atoms with Crippen LogP contribution in [0.1, 0.15) is 0 Å². The number of nitrogens with two attached hydrogens (primary N) is 1. The fourth-order valence-corrected chi connectivity index (χ4v) is 4.27. The van der Waals surface area contributed by atoms with Gasteiger partial charge in [0.25, 0.3) is 0 Å². The summed E-state index contributed by atoms with van der Waals surface area (Å²) in [5.74, 6) is -1.59. The highest BCUT2D eigenvalue weighted by atomic mass is 32.1. The van der Waals surface area contributed by atoms with Crippen molar-refractivity contribution in [2.75, 3.05) is 36.8 Å². The van der Waals surface area contributed by atoms with Crippen LogP contribution in [-0.4, -0.2) is 51.4 Å². The van der Waals surface area contributed by atoms with Gasteiger partial charge in [0.05, 0.1) is 11.3 Å². The van der Waals surface area contributed by atoms with Crippen LogP contribution >= 0.6 is 11.3 Å². The maximum absolute atomic E-state index is 15.1. The van der Waals surface area contributed by atoms with Crippen molar-refractivity contribution in [2.45, 2.75) is 0 Å². The fourth-order valence-electron chi connectivity index (χ4n) is 3.60. The highest BCUT2D eigenvalue weighted by molar-refractivity contribution is 7.08. The number of hydrogen-bond acceptors (Lipinski definition) is 8. The maximum atomic E-state index is 15.1. The minimum atomic E-state index is -1.02. The van der Waals surface area contributed by atoms with Gasteiger partial charge in [-0.2, -0.15) is 16.0 Å². The predicted octanol–water partition coefficient (Wildman–Crippen LogP) is 2.72. The van der Waals surface area contributed by atoms with Gasteiger partial charge in [-0.15, -0.1) is 5.10 Å². The van der Waals surface area contributed by atoms with E-state index in [1.165, 1.54) is 6.07 Å². The van der Waals surface area contributed by atoms with Gasteiger partial charge in [-0.1, -0.05) is 0 Å². The average molecular weight is 440 g/mol. The Morgan fingerprint density at radius 2 is 1.81 bits per heavy atom. The molecule has 4 heterocycles. The van der Waals surface area contributed by atoms with Crippen LogP contribution in [0.5, 0.6) is 0 Å². The summed E-state index contributed by atoms with van der Waals surface area (Å²) < 4.78 is 31.2. The molecule has 1 aliphatic rings. The van der Waals surface area contributed by atoms with E-state index in [0.29, 0.717) is 31.7 Å². The largest absolute Gasteiger partial charge is 0.383 e. The quantitative estimate of drug-likeness (QED) is 0.504. The van der Waals surface area contributed by atoms with Gasteiger partial charge in [0.1, 0.15) is 11.5 Å². The smallest absolute Gasteiger partial charge is 0.190 e. The molecule has 0 radical (unpaired) electrons. The van der Waals surface area contributed by atoms with Crippen molar-refractivity contribution in [1.29, 1.82) is 0 Å². The second kappa shape index (κ2) is 8.00. The monoisotopic (exact) mass is 440 g/mol. The number of nitrogens with one attached hydrogen (secondary N) is 1.